The molecule has 1 aromatic heterocycles. The van der Waals surface area contributed by atoms with Gasteiger partial charge >= 0.3 is 12.1 Å². The minimum Gasteiger partial charge on any atom is -0.465 e. The number of aromatic nitrogens is 2. The van der Waals surface area contributed by atoms with Crippen molar-refractivity contribution in [2.24, 2.45) is 0 Å². The number of likely N-dealkylation sites (tertiary alicyclic amines) is 1. The number of benzene rings is 2. The van der Waals surface area contributed by atoms with Crippen LogP contribution < -0.4 is 14.5 Å². The molecular weight excluding hydrogens is 516 g/mol. The zero-order valence-electron chi connectivity index (χ0n) is 22.5. The van der Waals surface area contributed by atoms with Crippen LogP contribution in [0.25, 0.3) is 10.8 Å². The van der Waals surface area contributed by atoms with Gasteiger partial charge in [0.05, 0.1) is 23.3 Å². The molecule has 39 heavy (non-hydrogen) atoms. The Morgan fingerprint density at radius 1 is 1.13 bits per heavy atom. The lowest BCUT2D eigenvalue weighted by Gasteiger charge is -2.33. The molecule has 4 heterocycles. The van der Waals surface area contributed by atoms with Crippen LogP contribution in [0.15, 0.2) is 36.4 Å². The molecule has 206 valence electrons. The maximum absolute atomic E-state index is 11.6. The van der Waals surface area contributed by atoms with E-state index >= 15 is 0 Å². The van der Waals surface area contributed by atoms with Gasteiger partial charge < -0.3 is 29.4 Å². The van der Waals surface area contributed by atoms with Crippen LogP contribution in [0.2, 0.25) is 5.02 Å². The van der Waals surface area contributed by atoms with Crippen LogP contribution in [0.3, 0.4) is 0 Å². The molecule has 3 aliphatic rings. The number of hydrogen-bond donors (Lipinski definition) is 1. The lowest BCUT2D eigenvalue weighted by molar-refractivity contribution is 0.142. The molecule has 6 rings (SSSR count). The van der Waals surface area contributed by atoms with E-state index in [9.17, 15) is 9.90 Å². The molecule has 9 nitrogen and oxygen atoms in total. The van der Waals surface area contributed by atoms with E-state index in [0.717, 1.165) is 77.5 Å². The molecular formula is C29H35ClN6O3. The molecule has 0 bridgehead atoms. The van der Waals surface area contributed by atoms with E-state index in [-0.39, 0.29) is 6.04 Å². The minimum atomic E-state index is -0.902. The molecule has 2 atom stereocenters. The summed E-state index contributed by atoms with van der Waals surface area (Å²) in [5, 5.41) is 12.4. The zero-order valence-corrected chi connectivity index (χ0v) is 23.3. The van der Waals surface area contributed by atoms with E-state index in [1.807, 2.05) is 12.1 Å². The summed E-state index contributed by atoms with van der Waals surface area (Å²) in [7, 11) is 3.78. The van der Waals surface area contributed by atoms with Gasteiger partial charge in [-0.05, 0) is 56.8 Å². The molecule has 3 aliphatic heterocycles. The van der Waals surface area contributed by atoms with E-state index < -0.39 is 6.09 Å². The molecule has 10 heteroatoms. The average molecular weight is 551 g/mol. The van der Waals surface area contributed by atoms with E-state index in [2.05, 4.69) is 46.0 Å². The number of nitrogens with zero attached hydrogens (tertiary/aromatic N) is 6. The number of ether oxygens (including phenoxy) is 1. The van der Waals surface area contributed by atoms with Crippen LogP contribution >= 0.6 is 11.6 Å². The Hall–Kier alpha value is -3.30. The summed E-state index contributed by atoms with van der Waals surface area (Å²) in [5.41, 5.74) is 3.19. The molecule has 1 amide bonds. The second-order valence-electron chi connectivity index (χ2n) is 10.9. The predicted molar refractivity (Wildman–Crippen MR) is 153 cm³/mol. The summed E-state index contributed by atoms with van der Waals surface area (Å²) >= 11 is 6.67. The number of hydrogen-bond acceptors (Lipinski definition) is 7. The third-order valence-corrected chi connectivity index (χ3v) is 8.90. The van der Waals surface area contributed by atoms with E-state index in [4.69, 9.17) is 26.3 Å². The summed E-state index contributed by atoms with van der Waals surface area (Å²) in [5.74, 6) is 0.881. The van der Waals surface area contributed by atoms with Crippen molar-refractivity contribution in [3.8, 4) is 6.01 Å². The lowest BCUT2D eigenvalue weighted by atomic mass is 10.0. The number of anilines is 2. The summed E-state index contributed by atoms with van der Waals surface area (Å²) in [6.07, 6.45) is 2.94. The maximum atomic E-state index is 11.6. The van der Waals surface area contributed by atoms with Crippen LogP contribution in [0.4, 0.5) is 16.3 Å². The normalized spacial score (nSPS) is 21.4. The number of likely N-dealkylation sites (N-methyl/N-ethyl adjacent to an activating group) is 2. The Labute approximate surface area is 233 Å². The third-order valence-electron chi connectivity index (χ3n) is 8.58. The fourth-order valence-electron chi connectivity index (χ4n) is 6.23. The van der Waals surface area contributed by atoms with Gasteiger partial charge in [-0.15, -0.1) is 0 Å². The molecule has 2 aromatic carbocycles. The number of amides is 1. The Bertz CT molecular complexity index is 1380. The number of halogens is 1. The number of carboxylic acid groups (broad SMARTS) is 1. The van der Waals surface area contributed by atoms with Crippen molar-refractivity contribution in [2.75, 3.05) is 56.7 Å². The van der Waals surface area contributed by atoms with Gasteiger partial charge in [0.2, 0.25) is 0 Å². The maximum Gasteiger partial charge on any atom is 0.407 e. The Balaban J connectivity index is 1.32. The molecule has 0 radical (unpaired) electrons. The van der Waals surface area contributed by atoms with Crippen molar-refractivity contribution < 1.29 is 14.6 Å². The molecule has 0 spiro atoms. The molecule has 3 aromatic rings. The van der Waals surface area contributed by atoms with Gasteiger partial charge in [-0.3, -0.25) is 0 Å². The summed E-state index contributed by atoms with van der Waals surface area (Å²) in [6.45, 7) is 4.44. The lowest BCUT2D eigenvalue weighted by Crippen LogP contribution is -2.39. The highest BCUT2D eigenvalue weighted by atomic mass is 35.5. The van der Waals surface area contributed by atoms with Gasteiger partial charge in [0.1, 0.15) is 12.4 Å². The molecule has 0 saturated carbocycles. The van der Waals surface area contributed by atoms with Crippen molar-refractivity contribution in [1.29, 1.82) is 0 Å². The van der Waals surface area contributed by atoms with Crippen LogP contribution in [0, 0.1) is 0 Å². The largest absolute Gasteiger partial charge is 0.465 e. The van der Waals surface area contributed by atoms with Gasteiger partial charge in [0.25, 0.3) is 0 Å². The molecule has 2 saturated heterocycles. The Kier molecular flexibility index (Phi) is 7.12. The Morgan fingerprint density at radius 3 is 2.72 bits per heavy atom. The smallest absolute Gasteiger partial charge is 0.407 e. The van der Waals surface area contributed by atoms with E-state index in [0.29, 0.717) is 31.7 Å². The second-order valence-corrected chi connectivity index (χ2v) is 11.3. The van der Waals surface area contributed by atoms with Gasteiger partial charge in [0.15, 0.2) is 0 Å². The van der Waals surface area contributed by atoms with Crippen molar-refractivity contribution in [3.63, 3.8) is 0 Å². The summed E-state index contributed by atoms with van der Waals surface area (Å²) < 4.78 is 6.23. The van der Waals surface area contributed by atoms with Crippen molar-refractivity contribution in [3.05, 3.63) is 52.7 Å². The summed E-state index contributed by atoms with van der Waals surface area (Å²) in [4.78, 5) is 29.7. The number of carbonyl (C=O) groups is 1. The monoisotopic (exact) mass is 550 g/mol. The first kappa shape index (κ1) is 26.0. The Morgan fingerprint density at radius 2 is 1.95 bits per heavy atom. The van der Waals surface area contributed by atoms with Gasteiger partial charge in [0, 0.05) is 49.4 Å². The van der Waals surface area contributed by atoms with E-state index in [1.54, 1.807) is 7.05 Å². The molecule has 1 N–H and O–H groups in total. The first-order chi connectivity index (χ1) is 18.9. The average Bonchev–Trinajstić information content (AvgIpc) is 3.59. The first-order valence-corrected chi connectivity index (χ1v) is 14.1. The molecule has 2 unspecified atom stereocenters. The predicted octanol–water partition coefficient (Wildman–Crippen LogP) is 4.51. The highest BCUT2D eigenvalue weighted by molar-refractivity contribution is 6.36. The van der Waals surface area contributed by atoms with Crippen LogP contribution in [-0.4, -0.2) is 89.9 Å². The van der Waals surface area contributed by atoms with Gasteiger partial charge in [-0.25, -0.2) is 4.79 Å². The fourth-order valence-corrected chi connectivity index (χ4v) is 6.51. The quantitative estimate of drug-likeness (QED) is 0.480. The minimum absolute atomic E-state index is 0.0671. The molecule has 2 fully saturated rings. The zero-order chi connectivity index (χ0) is 27.1. The topological polar surface area (TPSA) is 85.3 Å². The second kappa shape index (κ2) is 10.7. The first-order valence-electron chi connectivity index (χ1n) is 13.7. The van der Waals surface area contributed by atoms with Crippen LogP contribution in [-0.2, 0) is 13.0 Å². The summed E-state index contributed by atoms with van der Waals surface area (Å²) in [6, 6.07) is 13.0. The van der Waals surface area contributed by atoms with Gasteiger partial charge in [-0.1, -0.05) is 35.9 Å². The van der Waals surface area contributed by atoms with Crippen molar-refractivity contribution >= 4 is 40.0 Å². The number of fused-ring (bicyclic) bond motifs is 2. The SMILES string of the molecule is CN1CCCC1COc1nc2c(c(N3CCC(N(C)C(=O)O)C3)n1)CCN(c1cccc3cccc(Cl)c13)C2. The number of rotatable bonds is 6. The third kappa shape index (κ3) is 5.05. The highest BCUT2D eigenvalue weighted by Gasteiger charge is 2.33. The van der Waals surface area contributed by atoms with Gasteiger partial charge in [-0.2, -0.15) is 9.97 Å². The molecule has 0 aliphatic carbocycles. The van der Waals surface area contributed by atoms with Crippen LogP contribution in [0.5, 0.6) is 6.01 Å². The standard InChI is InChI=1S/C29H35ClN6O3/c1-33-13-5-8-21(33)18-39-28-31-24-17-35(25-10-4-7-19-6-3-9-23(30)26(19)25)15-12-22(24)27(32-28)36-14-11-20(16-36)34(2)29(37)38/h3-4,6-7,9-10,20-21H,5,8,11-18H2,1-2H3,(H,37,38). The van der Waals surface area contributed by atoms with E-state index in [1.165, 1.54) is 11.3 Å². The highest BCUT2D eigenvalue weighted by Crippen LogP contribution is 2.37. The van der Waals surface area contributed by atoms with Crippen molar-refractivity contribution in [2.45, 2.75) is 44.3 Å². The fraction of sp³-hybridized carbons (Fsp3) is 0.483. The van der Waals surface area contributed by atoms with Crippen LogP contribution in [0.1, 0.15) is 30.5 Å². The van der Waals surface area contributed by atoms with Crippen molar-refractivity contribution in [1.82, 2.24) is 19.8 Å².